The smallest absolute Gasteiger partial charge is 0.270 e. The van der Waals surface area contributed by atoms with Gasteiger partial charge in [0.15, 0.2) is 5.88 Å². The molecular formula is C22H32N4O2. The van der Waals surface area contributed by atoms with Gasteiger partial charge in [-0.15, -0.1) is 0 Å². The highest BCUT2D eigenvalue weighted by atomic mass is 16.4. The van der Waals surface area contributed by atoms with Crippen molar-refractivity contribution in [1.82, 2.24) is 15.2 Å². The van der Waals surface area contributed by atoms with Gasteiger partial charge in [0.25, 0.3) is 5.91 Å². The van der Waals surface area contributed by atoms with E-state index in [1.807, 2.05) is 6.07 Å². The Bertz CT molecular complexity index is 841. The van der Waals surface area contributed by atoms with Crippen LogP contribution in [0.25, 0.3) is 11.0 Å². The second-order valence-corrected chi connectivity index (χ2v) is 8.90. The number of hydrogen-bond donors (Lipinski definition) is 1. The van der Waals surface area contributed by atoms with Gasteiger partial charge < -0.3 is 14.6 Å². The van der Waals surface area contributed by atoms with E-state index in [1.54, 1.807) is 12.3 Å². The van der Waals surface area contributed by atoms with E-state index in [-0.39, 0.29) is 11.9 Å². The molecular weight excluding hydrogens is 352 g/mol. The normalized spacial score (nSPS) is 27.0. The van der Waals surface area contributed by atoms with Crippen molar-refractivity contribution in [3.8, 4) is 0 Å². The van der Waals surface area contributed by atoms with E-state index in [0.717, 1.165) is 24.4 Å². The summed E-state index contributed by atoms with van der Waals surface area (Å²) in [6.45, 7) is 13.1. The number of rotatable bonds is 5. The topological polar surface area (TPSA) is 61.6 Å². The fourth-order valence-electron chi connectivity index (χ4n) is 5.05. The molecule has 2 aromatic heterocycles. The Morgan fingerprint density at radius 2 is 1.89 bits per heavy atom. The third-order valence-electron chi connectivity index (χ3n) is 6.46. The van der Waals surface area contributed by atoms with Gasteiger partial charge in [0.2, 0.25) is 0 Å². The summed E-state index contributed by atoms with van der Waals surface area (Å²) >= 11 is 0. The number of hydrogen-bond acceptors (Lipinski definition) is 5. The molecule has 2 atom stereocenters. The predicted molar refractivity (Wildman–Crippen MR) is 112 cm³/mol. The maximum Gasteiger partial charge on any atom is 0.270 e. The minimum atomic E-state index is -0.102. The number of furan rings is 1. The summed E-state index contributed by atoms with van der Waals surface area (Å²) in [5.74, 6) is 1.30. The molecule has 152 valence electrons. The van der Waals surface area contributed by atoms with E-state index in [9.17, 15) is 4.79 Å². The molecule has 3 aliphatic rings. The standard InChI is InChI=1S/C22H32N4O2/c1-13(2)26(14(3)4)20-10-17-12-23-18(11-19(17)28-20)22(27)24-21-15(5)25-8-6-16(21)7-9-25/h10-16,21H,6-9H2,1-5H3,(H,24,27). The van der Waals surface area contributed by atoms with Crippen molar-refractivity contribution < 1.29 is 9.21 Å². The Morgan fingerprint density at radius 3 is 2.50 bits per heavy atom. The van der Waals surface area contributed by atoms with Crippen LogP contribution in [0.1, 0.15) is 57.9 Å². The van der Waals surface area contributed by atoms with Crippen molar-refractivity contribution in [3.63, 3.8) is 0 Å². The molecule has 2 bridgehead atoms. The molecule has 0 spiro atoms. The lowest BCUT2D eigenvalue weighted by atomic mass is 9.79. The van der Waals surface area contributed by atoms with Crippen LogP contribution in [0.3, 0.4) is 0 Å². The second-order valence-electron chi connectivity index (χ2n) is 8.90. The molecule has 2 unspecified atom stereocenters. The number of piperidine rings is 3. The van der Waals surface area contributed by atoms with Gasteiger partial charge in [-0.2, -0.15) is 0 Å². The number of aromatic nitrogens is 1. The Morgan fingerprint density at radius 1 is 1.21 bits per heavy atom. The molecule has 1 amide bonds. The van der Waals surface area contributed by atoms with E-state index in [4.69, 9.17) is 4.42 Å². The van der Waals surface area contributed by atoms with E-state index >= 15 is 0 Å². The summed E-state index contributed by atoms with van der Waals surface area (Å²) in [4.78, 5) is 22.0. The fourth-order valence-corrected chi connectivity index (χ4v) is 5.05. The SMILES string of the molecule is CC1C(NC(=O)c2cc3oc(N(C(C)C)C(C)C)cc3cn2)C2CCN1CC2. The number of carbonyl (C=O) groups is 1. The van der Waals surface area contributed by atoms with Crippen LogP contribution in [0.15, 0.2) is 22.7 Å². The van der Waals surface area contributed by atoms with Crippen LogP contribution in [-0.2, 0) is 0 Å². The average molecular weight is 385 g/mol. The number of amides is 1. The van der Waals surface area contributed by atoms with Crippen LogP contribution >= 0.6 is 0 Å². The molecule has 2 aromatic rings. The first-order valence-electron chi connectivity index (χ1n) is 10.6. The minimum absolute atomic E-state index is 0.102. The van der Waals surface area contributed by atoms with Crippen LogP contribution in [-0.4, -0.2) is 53.0 Å². The fraction of sp³-hybridized carbons (Fsp3) is 0.636. The third kappa shape index (κ3) is 3.39. The Labute approximate surface area is 167 Å². The van der Waals surface area contributed by atoms with Crippen molar-refractivity contribution in [3.05, 3.63) is 24.0 Å². The van der Waals surface area contributed by atoms with Crippen molar-refractivity contribution in [2.24, 2.45) is 5.92 Å². The van der Waals surface area contributed by atoms with Gasteiger partial charge in [0, 0.05) is 47.9 Å². The zero-order valence-electron chi connectivity index (χ0n) is 17.6. The van der Waals surface area contributed by atoms with Crippen molar-refractivity contribution in [2.75, 3.05) is 18.0 Å². The molecule has 3 aliphatic heterocycles. The van der Waals surface area contributed by atoms with Gasteiger partial charge in [0.05, 0.1) is 0 Å². The van der Waals surface area contributed by atoms with Crippen LogP contribution in [0.2, 0.25) is 0 Å². The third-order valence-corrected chi connectivity index (χ3v) is 6.46. The highest BCUT2D eigenvalue weighted by Gasteiger charge is 2.40. The predicted octanol–water partition coefficient (Wildman–Crippen LogP) is 3.66. The zero-order valence-corrected chi connectivity index (χ0v) is 17.6. The first-order chi connectivity index (χ1) is 13.3. The van der Waals surface area contributed by atoms with Crippen molar-refractivity contribution in [1.29, 1.82) is 0 Å². The van der Waals surface area contributed by atoms with Crippen LogP contribution in [0.5, 0.6) is 0 Å². The highest BCUT2D eigenvalue weighted by Crippen LogP contribution is 2.32. The molecule has 0 radical (unpaired) electrons. The van der Waals surface area contributed by atoms with E-state index in [2.05, 4.69) is 54.7 Å². The molecule has 5 rings (SSSR count). The first kappa shape index (κ1) is 19.2. The van der Waals surface area contributed by atoms with Crippen molar-refractivity contribution in [2.45, 2.75) is 71.6 Å². The Hall–Kier alpha value is -2.08. The largest absolute Gasteiger partial charge is 0.440 e. The van der Waals surface area contributed by atoms with Gasteiger partial charge in [-0.25, -0.2) is 0 Å². The van der Waals surface area contributed by atoms with E-state index in [1.165, 1.54) is 12.8 Å². The summed E-state index contributed by atoms with van der Waals surface area (Å²) < 4.78 is 6.10. The average Bonchev–Trinajstić information content (AvgIpc) is 3.06. The number of pyridine rings is 1. The number of nitrogens with one attached hydrogen (secondary N) is 1. The maximum absolute atomic E-state index is 12.9. The van der Waals surface area contributed by atoms with Crippen molar-refractivity contribution >= 4 is 22.8 Å². The zero-order chi connectivity index (χ0) is 20.0. The molecule has 3 saturated heterocycles. The molecule has 28 heavy (non-hydrogen) atoms. The van der Waals surface area contributed by atoms with Crippen LogP contribution in [0.4, 0.5) is 5.88 Å². The molecule has 3 fully saturated rings. The number of nitrogens with zero attached hydrogens (tertiary/aromatic N) is 3. The molecule has 0 saturated carbocycles. The van der Waals surface area contributed by atoms with Gasteiger partial charge in [-0.1, -0.05) is 0 Å². The molecule has 0 aromatic carbocycles. The monoisotopic (exact) mass is 384 g/mol. The van der Waals surface area contributed by atoms with Crippen LogP contribution < -0.4 is 10.2 Å². The van der Waals surface area contributed by atoms with Crippen LogP contribution in [0, 0.1) is 5.92 Å². The summed E-state index contributed by atoms with van der Waals surface area (Å²) in [5, 5.41) is 4.18. The molecule has 6 heteroatoms. The van der Waals surface area contributed by atoms with Gasteiger partial charge in [-0.05, 0) is 66.5 Å². The summed E-state index contributed by atoms with van der Waals surface area (Å²) in [6, 6.07) is 5.04. The van der Waals surface area contributed by atoms with E-state index < -0.39 is 0 Å². The first-order valence-corrected chi connectivity index (χ1v) is 10.6. The Kier molecular flexibility index (Phi) is 5.08. The molecule has 6 nitrogen and oxygen atoms in total. The maximum atomic E-state index is 12.9. The molecule has 0 aliphatic carbocycles. The lowest BCUT2D eigenvalue weighted by molar-refractivity contribution is 0.0216. The highest BCUT2D eigenvalue weighted by molar-refractivity contribution is 5.96. The number of anilines is 1. The quantitative estimate of drug-likeness (QED) is 0.852. The summed E-state index contributed by atoms with van der Waals surface area (Å²) in [7, 11) is 0. The minimum Gasteiger partial charge on any atom is -0.440 e. The Balaban J connectivity index is 1.55. The summed E-state index contributed by atoms with van der Waals surface area (Å²) in [6.07, 6.45) is 4.09. The molecule has 5 heterocycles. The van der Waals surface area contributed by atoms with E-state index in [0.29, 0.717) is 35.3 Å². The number of fused-ring (bicyclic) bond motifs is 4. The lowest BCUT2D eigenvalue weighted by Gasteiger charge is -2.49. The second kappa shape index (κ2) is 7.39. The lowest BCUT2D eigenvalue weighted by Crippen LogP contribution is -2.62. The summed E-state index contributed by atoms with van der Waals surface area (Å²) in [5.41, 5.74) is 1.14. The number of carbonyl (C=O) groups excluding carboxylic acids is 1. The van der Waals surface area contributed by atoms with Gasteiger partial charge >= 0.3 is 0 Å². The van der Waals surface area contributed by atoms with Gasteiger partial charge in [0.1, 0.15) is 11.3 Å². The molecule has 1 N–H and O–H groups in total. The van der Waals surface area contributed by atoms with Gasteiger partial charge in [-0.3, -0.25) is 14.7 Å².